The second kappa shape index (κ2) is 5.67. The van der Waals surface area contributed by atoms with Crippen molar-refractivity contribution in [1.82, 2.24) is 5.32 Å². The molecule has 16 heavy (non-hydrogen) atoms. The fraction of sp³-hybridized carbons (Fsp3) is 0.923. The monoisotopic (exact) mass is 227 g/mol. The number of carbonyl (C=O) groups excluding carboxylic acids is 1. The number of amides is 1. The number of aliphatic hydroxyl groups excluding tert-OH is 1. The molecule has 3 nitrogen and oxygen atoms in total. The van der Waals surface area contributed by atoms with Gasteiger partial charge in [0.25, 0.3) is 0 Å². The van der Waals surface area contributed by atoms with E-state index in [2.05, 4.69) is 26.1 Å². The second-order valence-corrected chi connectivity index (χ2v) is 5.22. The predicted octanol–water partition coefficient (Wildman–Crippen LogP) is 1.95. The number of carbonyl (C=O) groups is 1. The SMILES string of the molecule is CCC(CC)(CCO)CNC(=O)[C@H]1C[C@@H]1C. The third kappa shape index (κ3) is 3.21. The van der Waals surface area contributed by atoms with Gasteiger partial charge in [-0.3, -0.25) is 4.79 Å². The Bertz CT molecular complexity index is 236. The minimum Gasteiger partial charge on any atom is -0.396 e. The van der Waals surface area contributed by atoms with Crippen LogP contribution in [0.5, 0.6) is 0 Å². The van der Waals surface area contributed by atoms with Crippen molar-refractivity contribution in [3.63, 3.8) is 0 Å². The van der Waals surface area contributed by atoms with Crippen LogP contribution in [-0.4, -0.2) is 24.2 Å². The Labute approximate surface area is 98.6 Å². The van der Waals surface area contributed by atoms with Crippen molar-refractivity contribution in [3.8, 4) is 0 Å². The number of rotatable bonds is 7. The van der Waals surface area contributed by atoms with E-state index in [1.165, 1.54) is 0 Å². The molecule has 1 rings (SSSR count). The summed E-state index contributed by atoms with van der Waals surface area (Å²) in [5.41, 5.74) is 0.0859. The molecule has 1 amide bonds. The van der Waals surface area contributed by atoms with Crippen molar-refractivity contribution >= 4 is 5.91 Å². The van der Waals surface area contributed by atoms with Gasteiger partial charge < -0.3 is 10.4 Å². The van der Waals surface area contributed by atoms with Gasteiger partial charge in [0.05, 0.1) is 0 Å². The molecule has 1 saturated carbocycles. The van der Waals surface area contributed by atoms with Crippen LogP contribution in [0.2, 0.25) is 0 Å². The summed E-state index contributed by atoms with van der Waals surface area (Å²) in [5, 5.41) is 12.1. The molecular formula is C13H25NO2. The molecule has 0 spiro atoms. The smallest absolute Gasteiger partial charge is 0.223 e. The Kier molecular flexibility index (Phi) is 4.78. The van der Waals surface area contributed by atoms with E-state index in [0.29, 0.717) is 12.5 Å². The predicted molar refractivity (Wildman–Crippen MR) is 65.0 cm³/mol. The molecule has 0 aromatic carbocycles. The fourth-order valence-electron chi connectivity index (χ4n) is 2.27. The van der Waals surface area contributed by atoms with E-state index in [9.17, 15) is 4.79 Å². The zero-order valence-corrected chi connectivity index (χ0v) is 10.8. The summed E-state index contributed by atoms with van der Waals surface area (Å²) < 4.78 is 0. The van der Waals surface area contributed by atoms with Gasteiger partial charge in [-0.15, -0.1) is 0 Å². The van der Waals surface area contributed by atoms with E-state index in [4.69, 9.17) is 5.11 Å². The Morgan fingerprint density at radius 2 is 2.00 bits per heavy atom. The lowest BCUT2D eigenvalue weighted by atomic mass is 9.79. The van der Waals surface area contributed by atoms with Crippen LogP contribution in [0.4, 0.5) is 0 Å². The minimum atomic E-state index is 0.0859. The van der Waals surface area contributed by atoms with Crippen molar-refractivity contribution in [2.75, 3.05) is 13.2 Å². The van der Waals surface area contributed by atoms with E-state index in [0.717, 1.165) is 25.7 Å². The van der Waals surface area contributed by atoms with Gasteiger partial charge >= 0.3 is 0 Å². The topological polar surface area (TPSA) is 49.3 Å². The van der Waals surface area contributed by atoms with Gasteiger partial charge in [0.15, 0.2) is 0 Å². The van der Waals surface area contributed by atoms with Crippen molar-refractivity contribution in [2.45, 2.75) is 46.5 Å². The normalized spacial score (nSPS) is 24.2. The highest BCUT2D eigenvalue weighted by Gasteiger charge is 2.39. The zero-order chi connectivity index (χ0) is 12.2. The third-order valence-electron chi connectivity index (χ3n) is 4.23. The van der Waals surface area contributed by atoms with Gasteiger partial charge in [-0.1, -0.05) is 20.8 Å². The summed E-state index contributed by atoms with van der Waals surface area (Å²) in [7, 11) is 0. The van der Waals surface area contributed by atoms with Crippen LogP contribution >= 0.6 is 0 Å². The summed E-state index contributed by atoms with van der Waals surface area (Å²) in [6.07, 6.45) is 3.83. The molecule has 2 N–H and O–H groups in total. The molecule has 0 unspecified atom stereocenters. The van der Waals surface area contributed by atoms with Crippen molar-refractivity contribution < 1.29 is 9.90 Å². The Morgan fingerprint density at radius 3 is 2.38 bits per heavy atom. The van der Waals surface area contributed by atoms with Gasteiger partial charge in [-0.25, -0.2) is 0 Å². The maximum Gasteiger partial charge on any atom is 0.223 e. The summed E-state index contributed by atoms with van der Waals surface area (Å²) in [6, 6.07) is 0. The van der Waals surface area contributed by atoms with E-state index >= 15 is 0 Å². The average molecular weight is 227 g/mol. The van der Waals surface area contributed by atoms with Gasteiger partial charge in [0.1, 0.15) is 0 Å². The molecule has 0 heterocycles. The average Bonchev–Trinajstić information content (AvgIpc) is 3.01. The lowest BCUT2D eigenvalue weighted by molar-refractivity contribution is -0.123. The third-order valence-corrected chi connectivity index (χ3v) is 4.23. The maximum absolute atomic E-state index is 11.7. The quantitative estimate of drug-likeness (QED) is 0.698. The highest BCUT2D eigenvalue weighted by molar-refractivity contribution is 5.81. The standard InChI is InChI=1S/C13H25NO2/c1-4-13(5-2,6-7-15)9-14-12(16)11-8-10(11)3/h10-11,15H,4-9H2,1-3H3,(H,14,16)/t10-,11-/m0/s1. The Hall–Kier alpha value is -0.570. The molecule has 0 bridgehead atoms. The minimum absolute atomic E-state index is 0.0859. The molecule has 0 saturated heterocycles. The molecule has 1 aliphatic rings. The summed E-state index contributed by atoms with van der Waals surface area (Å²) in [6.45, 7) is 7.29. The molecule has 2 atom stereocenters. The Balaban J connectivity index is 2.39. The fourth-order valence-corrected chi connectivity index (χ4v) is 2.27. The first-order chi connectivity index (χ1) is 7.58. The molecule has 0 aliphatic heterocycles. The molecule has 1 aliphatic carbocycles. The number of hydrogen-bond donors (Lipinski definition) is 2. The molecule has 94 valence electrons. The van der Waals surface area contributed by atoms with Crippen LogP contribution in [0.1, 0.15) is 46.5 Å². The second-order valence-electron chi connectivity index (χ2n) is 5.22. The van der Waals surface area contributed by atoms with Crippen LogP contribution in [0.3, 0.4) is 0 Å². The molecule has 0 radical (unpaired) electrons. The van der Waals surface area contributed by atoms with Gasteiger partial charge in [-0.2, -0.15) is 0 Å². The van der Waals surface area contributed by atoms with E-state index in [-0.39, 0.29) is 23.8 Å². The lowest BCUT2D eigenvalue weighted by Crippen LogP contribution is -2.38. The highest BCUT2D eigenvalue weighted by Crippen LogP contribution is 2.38. The zero-order valence-electron chi connectivity index (χ0n) is 10.8. The van der Waals surface area contributed by atoms with Gasteiger partial charge in [0, 0.05) is 19.1 Å². The lowest BCUT2D eigenvalue weighted by Gasteiger charge is -2.31. The van der Waals surface area contributed by atoms with Crippen LogP contribution < -0.4 is 5.32 Å². The highest BCUT2D eigenvalue weighted by atomic mass is 16.3. The van der Waals surface area contributed by atoms with Gasteiger partial charge in [-0.05, 0) is 37.0 Å². The first kappa shape index (κ1) is 13.5. The molecule has 0 aromatic heterocycles. The summed E-state index contributed by atoms with van der Waals surface area (Å²) >= 11 is 0. The number of hydrogen-bond acceptors (Lipinski definition) is 2. The molecule has 3 heteroatoms. The van der Waals surface area contributed by atoms with Crippen LogP contribution in [0, 0.1) is 17.3 Å². The van der Waals surface area contributed by atoms with E-state index in [1.54, 1.807) is 0 Å². The Morgan fingerprint density at radius 1 is 1.44 bits per heavy atom. The molecule has 1 fully saturated rings. The number of aliphatic hydroxyl groups is 1. The van der Waals surface area contributed by atoms with Crippen LogP contribution in [-0.2, 0) is 4.79 Å². The van der Waals surface area contributed by atoms with Crippen molar-refractivity contribution in [3.05, 3.63) is 0 Å². The van der Waals surface area contributed by atoms with Gasteiger partial charge in [0.2, 0.25) is 5.91 Å². The first-order valence-corrected chi connectivity index (χ1v) is 6.47. The van der Waals surface area contributed by atoms with E-state index < -0.39 is 0 Å². The largest absolute Gasteiger partial charge is 0.396 e. The van der Waals surface area contributed by atoms with Crippen molar-refractivity contribution in [2.24, 2.45) is 17.3 Å². The van der Waals surface area contributed by atoms with Crippen LogP contribution in [0.25, 0.3) is 0 Å². The van der Waals surface area contributed by atoms with Crippen LogP contribution in [0.15, 0.2) is 0 Å². The molecular weight excluding hydrogens is 202 g/mol. The number of nitrogens with one attached hydrogen (secondary N) is 1. The summed E-state index contributed by atoms with van der Waals surface area (Å²) in [4.78, 5) is 11.7. The van der Waals surface area contributed by atoms with E-state index in [1.807, 2.05) is 0 Å². The summed E-state index contributed by atoms with van der Waals surface area (Å²) in [5.74, 6) is 1.02. The maximum atomic E-state index is 11.7. The molecule has 0 aromatic rings. The van der Waals surface area contributed by atoms with Crippen molar-refractivity contribution in [1.29, 1.82) is 0 Å². The first-order valence-electron chi connectivity index (χ1n) is 6.47.